The number of nitrogens with one attached hydrogen (secondary N) is 1. The summed E-state index contributed by atoms with van der Waals surface area (Å²) in [6.07, 6.45) is 0. The summed E-state index contributed by atoms with van der Waals surface area (Å²) in [4.78, 5) is 12.0. The zero-order chi connectivity index (χ0) is 15.4. The second-order valence-electron chi connectivity index (χ2n) is 4.95. The molecule has 0 radical (unpaired) electrons. The van der Waals surface area contributed by atoms with Gasteiger partial charge in [0.1, 0.15) is 0 Å². The number of carbonyl (C=O) groups excluding carboxylic acids is 1. The van der Waals surface area contributed by atoms with Crippen LogP contribution in [-0.4, -0.2) is 11.6 Å². The van der Waals surface area contributed by atoms with Crippen LogP contribution >= 0.6 is 11.6 Å². The predicted octanol–water partition coefficient (Wildman–Crippen LogP) is 4.11. The summed E-state index contributed by atoms with van der Waals surface area (Å²) >= 11 is 5.86. The average molecular weight is 301 g/mol. The van der Waals surface area contributed by atoms with Gasteiger partial charge in [-0.05, 0) is 61.7 Å². The molecule has 1 amide bonds. The molecule has 0 aliphatic heterocycles. The second kappa shape index (κ2) is 6.55. The first-order valence-corrected chi connectivity index (χ1v) is 7.03. The first-order valence-electron chi connectivity index (χ1n) is 6.65. The van der Waals surface area contributed by atoms with Crippen molar-refractivity contribution in [2.24, 2.45) is 5.10 Å². The molecule has 21 heavy (non-hydrogen) atoms. The maximum atomic E-state index is 12.0. The van der Waals surface area contributed by atoms with Crippen molar-refractivity contribution < 1.29 is 4.79 Å². The number of aryl methyl sites for hydroxylation is 2. The third kappa shape index (κ3) is 3.92. The average Bonchev–Trinajstić information content (AvgIpc) is 2.47. The van der Waals surface area contributed by atoms with Gasteiger partial charge in [0.15, 0.2) is 0 Å². The van der Waals surface area contributed by atoms with Crippen molar-refractivity contribution in [3.63, 3.8) is 0 Å². The van der Waals surface area contributed by atoms with Gasteiger partial charge in [-0.2, -0.15) is 5.10 Å². The van der Waals surface area contributed by atoms with Crippen LogP contribution in [0.25, 0.3) is 0 Å². The van der Waals surface area contributed by atoms with Crippen LogP contribution in [0.4, 0.5) is 0 Å². The third-order valence-corrected chi connectivity index (χ3v) is 3.57. The van der Waals surface area contributed by atoms with Crippen LogP contribution in [-0.2, 0) is 0 Å². The molecule has 0 atom stereocenters. The summed E-state index contributed by atoms with van der Waals surface area (Å²) in [6, 6.07) is 12.9. The maximum absolute atomic E-state index is 12.0. The van der Waals surface area contributed by atoms with E-state index in [1.54, 1.807) is 24.3 Å². The fourth-order valence-electron chi connectivity index (χ4n) is 1.86. The summed E-state index contributed by atoms with van der Waals surface area (Å²) < 4.78 is 0. The van der Waals surface area contributed by atoms with E-state index in [-0.39, 0.29) is 5.91 Å². The Morgan fingerprint density at radius 2 is 1.81 bits per heavy atom. The van der Waals surface area contributed by atoms with Crippen molar-refractivity contribution in [3.05, 3.63) is 69.7 Å². The topological polar surface area (TPSA) is 41.5 Å². The molecule has 0 saturated heterocycles. The first kappa shape index (κ1) is 15.3. The summed E-state index contributed by atoms with van der Waals surface area (Å²) in [5.74, 6) is -0.277. The number of nitrogens with zero attached hydrogens (tertiary/aromatic N) is 1. The smallest absolute Gasteiger partial charge is 0.267 e. The number of hydrogen-bond acceptors (Lipinski definition) is 2. The standard InChI is InChI=1S/C17H17ClN2O/c1-11-7-8-14(9-12(11)2)13(3)19-20-17(21)15-5-4-6-16(18)10-15/h4-10H,1-3H3,(H,20,21). The van der Waals surface area contributed by atoms with Gasteiger partial charge in [-0.25, -0.2) is 5.43 Å². The van der Waals surface area contributed by atoms with Gasteiger partial charge in [0.05, 0.1) is 5.71 Å². The Kier molecular flexibility index (Phi) is 4.76. The highest BCUT2D eigenvalue weighted by molar-refractivity contribution is 6.30. The molecule has 0 fully saturated rings. The van der Waals surface area contributed by atoms with Crippen LogP contribution in [0.5, 0.6) is 0 Å². The van der Waals surface area contributed by atoms with Crippen LogP contribution in [0.2, 0.25) is 5.02 Å². The highest BCUT2D eigenvalue weighted by Crippen LogP contribution is 2.12. The molecule has 0 aliphatic carbocycles. The molecule has 0 aliphatic rings. The first-order chi connectivity index (χ1) is 9.97. The molecule has 2 aromatic carbocycles. The second-order valence-corrected chi connectivity index (χ2v) is 5.38. The Labute approximate surface area is 129 Å². The van der Waals surface area contributed by atoms with Gasteiger partial charge in [0, 0.05) is 10.6 Å². The van der Waals surface area contributed by atoms with Crippen LogP contribution < -0.4 is 5.43 Å². The Bertz CT molecular complexity index is 708. The van der Waals surface area contributed by atoms with Crippen LogP contribution in [0.3, 0.4) is 0 Å². The molecule has 0 aromatic heterocycles. The predicted molar refractivity (Wildman–Crippen MR) is 87.0 cm³/mol. The van der Waals surface area contributed by atoms with Crippen molar-refractivity contribution in [2.45, 2.75) is 20.8 Å². The molecular formula is C17H17ClN2O. The molecular weight excluding hydrogens is 284 g/mol. The summed E-state index contributed by atoms with van der Waals surface area (Å²) in [5, 5.41) is 4.67. The number of hydrogen-bond donors (Lipinski definition) is 1. The van der Waals surface area contributed by atoms with E-state index in [0.29, 0.717) is 10.6 Å². The Hall–Kier alpha value is -2.13. The SMILES string of the molecule is CC(=NNC(=O)c1cccc(Cl)c1)c1ccc(C)c(C)c1. The lowest BCUT2D eigenvalue weighted by Crippen LogP contribution is -2.19. The normalized spacial score (nSPS) is 11.3. The van der Waals surface area contributed by atoms with Crippen LogP contribution in [0.15, 0.2) is 47.6 Å². The highest BCUT2D eigenvalue weighted by atomic mass is 35.5. The summed E-state index contributed by atoms with van der Waals surface area (Å²) in [6.45, 7) is 5.98. The van der Waals surface area contributed by atoms with Crippen molar-refractivity contribution >= 4 is 23.2 Å². The van der Waals surface area contributed by atoms with Gasteiger partial charge in [0.25, 0.3) is 5.91 Å². The Morgan fingerprint density at radius 3 is 2.48 bits per heavy atom. The third-order valence-electron chi connectivity index (χ3n) is 3.34. The molecule has 3 nitrogen and oxygen atoms in total. The molecule has 4 heteroatoms. The molecule has 0 heterocycles. The van der Waals surface area contributed by atoms with E-state index in [1.165, 1.54) is 11.1 Å². The van der Waals surface area contributed by atoms with E-state index in [4.69, 9.17) is 11.6 Å². The fourth-order valence-corrected chi connectivity index (χ4v) is 2.05. The highest BCUT2D eigenvalue weighted by Gasteiger charge is 2.05. The molecule has 1 N–H and O–H groups in total. The summed E-state index contributed by atoms with van der Waals surface area (Å²) in [5.41, 5.74) is 7.21. The van der Waals surface area contributed by atoms with E-state index in [2.05, 4.69) is 30.4 Å². The quantitative estimate of drug-likeness (QED) is 0.672. The lowest BCUT2D eigenvalue weighted by Gasteiger charge is -2.06. The van der Waals surface area contributed by atoms with Gasteiger partial charge < -0.3 is 0 Å². The van der Waals surface area contributed by atoms with Gasteiger partial charge in [0.2, 0.25) is 0 Å². The van der Waals surface area contributed by atoms with Gasteiger partial charge in [-0.15, -0.1) is 0 Å². The van der Waals surface area contributed by atoms with Crippen LogP contribution in [0, 0.1) is 13.8 Å². The fraction of sp³-hybridized carbons (Fsp3) is 0.176. The number of halogens is 1. The molecule has 0 bridgehead atoms. The Morgan fingerprint density at radius 1 is 1.05 bits per heavy atom. The lowest BCUT2D eigenvalue weighted by atomic mass is 10.0. The van der Waals surface area contributed by atoms with E-state index < -0.39 is 0 Å². The number of hydrazone groups is 1. The van der Waals surface area contributed by atoms with E-state index >= 15 is 0 Å². The molecule has 108 valence electrons. The molecule has 0 saturated carbocycles. The van der Waals surface area contributed by atoms with Crippen LogP contribution in [0.1, 0.15) is 34.0 Å². The molecule has 2 aromatic rings. The molecule has 2 rings (SSSR count). The van der Waals surface area contributed by atoms with Crippen molar-refractivity contribution in [3.8, 4) is 0 Å². The van der Waals surface area contributed by atoms with Gasteiger partial charge in [-0.3, -0.25) is 4.79 Å². The largest absolute Gasteiger partial charge is 0.271 e. The number of carbonyl (C=O) groups is 1. The minimum Gasteiger partial charge on any atom is -0.267 e. The number of amides is 1. The van der Waals surface area contributed by atoms with E-state index in [9.17, 15) is 4.79 Å². The monoisotopic (exact) mass is 300 g/mol. The zero-order valence-corrected chi connectivity index (χ0v) is 13.0. The minimum atomic E-state index is -0.277. The summed E-state index contributed by atoms with van der Waals surface area (Å²) in [7, 11) is 0. The minimum absolute atomic E-state index is 0.277. The Balaban J connectivity index is 2.13. The van der Waals surface area contributed by atoms with Gasteiger partial charge >= 0.3 is 0 Å². The molecule has 0 unspecified atom stereocenters. The number of benzene rings is 2. The van der Waals surface area contributed by atoms with E-state index in [0.717, 1.165) is 11.3 Å². The maximum Gasteiger partial charge on any atom is 0.271 e. The van der Waals surface area contributed by atoms with Crippen molar-refractivity contribution in [1.82, 2.24) is 5.43 Å². The zero-order valence-electron chi connectivity index (χ0n) is 12.3. The van der Waals surface area contributed by atoms with Gasteiger partial charge in [-0.1, -0.05) is 29.8 Å². The van der Waals surface area contributed by atoms with Crippen molar-refractivity contribution in [1.29, 1.82) is 0 Å². The van der Waals surface area contributed by atoms with E-state index in [1.807, 2.05) is 19.1 Å². The number of rotatable bonds is 3. The van der Waals surface area contributed by atoms with Crippen molar-refractivity contribution in [2.75, 3.05) is 0 Å². The molecule has 0 spiro atoms. The lowest BCUT2D eigenvalue weighted by molar-refractivity contribution is 0.0955.